The van der Waals surface area contributed by atoms with Crippen molar-refractivity contribution in [3.63, 3.8) is 0 Å². The van der Waals surface area contributed by atoms with E-state index in [4.69, 9.17) is 11.6 Å². The van der Waals surface area contributed by atoms with E-state index in [-0.39, 0.29) is 11.3 Å². The highest BCUT2D eigenvalue weighted by Crippen LogP contribution is 2.39. The Hall–Kier alpha value is -2.63. The number of ketones is 1. The van der Waals surface area contributed by atoms with Gasteiger partial charge in [0.2, 0.25) is 0 Å². The molecule has 30 heavy (non-hydrogen) atoms. The maximum atomic E-state index is 13.0. The van der Waals surface area contributed by atoms with Gasteiger partial charge in [0, 0.05) is 23.7 Å². The fourth-order valence-corrected chi connectivity index (χ4v) is 3.72. The van der Waals surface area contributed by atoms with Crippen LogP contribution in [0.15, 0.2) is 54.1 Å². The van der Waals surface area contributed by atoms with E-state index in [0.29, 0.717) is 29.6 Å². The third kappa shape index (κ3) is 4.42. The Balaban J connectivity index is 2.12. The van der Waals surface area contributed by atoms with Gasteiger partial charge in [0.25, 0.3) is 11.7 Å². The van der Waals surface area contributed by atoms with Gasteiger partial charge in [0.1, 0.15) is 5.76 Å². The van der Waals surface area contributed by atoms with Crippen molar-refractivity contribution in [1.82, 2.24) is 9.80 Å². The van der Waals surface area contributed by atoms with Gasteiger partial charge in [-0.2, -0.15) is 0 Å². The zero-order valence-corrected chi connectivity index (χ0v) is 18.5. The molecule has 0 radical (unpaired) electrons. The Labute approximate surface area is 182 Å². The number of carbonyl (C=O) groups is 2. The number of hydrogen-bond donors (Lipinski definition) is 1. The average Bonchev–Trinajstić information content (AvgIpc) is 2.97. The number of amides is 1. The number of halogens is 1. The van der Waals surface area contributed by atoms with E-state index in [9.17, 15) is 14.7 Å². The molecule has 0 aliphatic carbocycles. The lowest BCUT2D eigenvalue weighted by Crippen LogP contribution is -2.35. The van der Waals surface area contributed by atoms with Gasteiger partial charge in [-0.05, 0) is 55.4 Å². The molecule has 1 heterocycles. The van der Waals surface area contributed by atoms with E-state index >= 15 is 0 Å². The molecule has 0 unspecified atom stereocenters. The highest BCUT2D eigenvalue weighted by Gasteiger charge is 2.45. The molecule has 3 rings (SSSR count). The van der Waals surface area contributed by atoms with Gasteiger partial charge in [0.15, 0.2) is 0 Å². The lowest BCUT2D eigenvalue weighted by Gasteiger charge is -2.27. The first-order chi connectivity index (χ1) is 14.2. The number of hydrogen-bond acceptors (Lipinski definition) is 4. The summed E-state index contributed by atoms with van der Waals surface area (Å²) in [5, 5.41) is 11.5. The fourth-order valence-electron chi connectivity index (χ4n) is 3.59. The predicted molar refractivity (Wildman–Crippen MR) is 120 cm³/mol. The molecule has 0 spiro atoms. The number of likely N-dealkylation sites (tertiary alicyclic amines) is 1. The van der Waals surface area contributed by atoms with Gasteiger partial charge in [0.05, 0.1) is 11.6 Å². The van der Waals surface area contributed by atoms with Crippen LogP contribution in [-0.4, -0.2) is 53.8 Å². The molecule has 1 fully saturated rings. The minimum atomic E-state index is -0.667. The topological polar surface area (TPSA) is 60.9 Å². The lowest BCUT2D eigenvalue weighted by molar-refractivity contribution is -0.140. The first-order valence-electron chi connectivity index (χ1n) is 9.99. The maximum absolute atomic E-state index is 13.0. The Morgan fingerprint density at radius 1 is 1.07 bits per heavy atom. The van der Waals surface area contributed by atoms with Crippen molar-refractivity contribution in [2.75, 3.05) is 27.2 Å². The van der Waals surface area contributed by atoms with E-state index in [1.54, 1.807) is 29.2 Å². The largest absolute Gasteiger partial charge is 0.507 e. The number of Topliss-reactive ketones (excluding diaryl/α,β-unsaturated/α-hetero) is 1. The van der Waals surface area contributed by atoms with Gasteiger partial charge in [-0.15, -0.1) is 0 Å². The van der Waals surface area contributed by atoms with Gasteiger partial charge in [-0.1, -0.05) is 49.7 Å². The summed E-state index contributed by atoms with van der Waals surface area (Å²) < 4.78 is 0. The molecule has 1 saturated heterocycles. The molecule has 158 valence electrons. The maximum Gasteiger partial charge on any atom is 0.295 e. The lowest BCUT2D eigenvalue weighted by atomic mass is 9.93. The molecular weight excluding hydrogens is 400 g/mol. The normalized spacial score (nSPS) is 18.6. The number of rotatable bonds is 6. The Kier molecular flexibility index (Phi) is 6.64. The van der Waals surface area contributed by atoms with Crippen molar-refractivity contribution < 1.29 is 14.7 Å². The molecule has 1 amide bonds. The summed E-state index contributed by atoms with van der Waals surface area (Å²) in [5.41, 5.74) is 2.53. The van der Waals surface area contributed by atoms with E-state index in [0.717, 1.165) is 5.56 Å². The van der Waals surface area contributed by atoms with Crippen molar-refractivity contribution in [2.45, 2.75) is 25.8 Å². The van der Waals surface area contributed by atoms with Crippen LogP contribution >= 0.6 is 11.6 Å². The smallest absolute Gasteiger partial charge is 0.295 e. The second-order valence-electron chi connectivity index (χ2n) is 8.12. The number of aliphatic hydroxyl groups excluding tert-OH is 1. The molecule has 5 nitrogen and oxygen atoms in total. The third-order valence-corrected chi connectivity index (χ3v) is 5.62. The summed E-state index contributed by atoms with van der Waals surface area (Å²) in [5.74, 6) is -1.08. The SMILES string of the molecule is CC(C)c1ccc([C@H]2C(=C(O)c3ccc(Cl)cc3)C(=O)C(=O)N2CCN(C)C)cc1. The van der Waals surface area contributed by atoms with E-state index in [2.05, 4.69) is 13.8 Å². The molecule has 2 aromatic rings. The van der Waals surface area contributed by atoms with Crippen molar-refractivity contribution >= 4 is 29.1 Å². The van der Waals surface area contributed by atoms with Gasteiger partial charge < -0.3 is 14.9 Å². The summed E-state index contributed by atoms with van der Waals surface area (Å²) in [6, 6.07) is 13.8. The van der Waals surface area contributed by atoms with Crippen LogP contribution in [0.5, 0.6) is 0 Å². The second kappa shape index (κ2) is 9.02. The average molecular weight is 427 g/mol. The van der Waals surface area contributed by atoms with Crippen LogP contribution in [0.3, 0.4) is 0 Å². The van der Waals surface area contributed by atoms with Gasteiger partial charge >= 0.3 is 0 Å². The molecule has 1 aliphatic heterocycles. The summed E-state index contributed by atoms with van der Waals surface area (Å²) in [6.07, 6.45) is 0. The van der Waals surface area contributed by atoms with Crippen LogP contribution in [0.1, 0.15) is 42.5 Å². The van der Waals surface area contributed by atoms with E-state index < -0.39 is 17.7 Å². The zero-order valence-electron chi connectivity index (χ0n) is 17.7. The van der Waals surface area contributed by atoms with Crippen LogP contribution in [0.25, 0.3) is 5.76 Å². The quantitative estimate of drug-likeness (QED) is 0.421. The van der Waals surface area contributed by atoms with Crippen molar-refractivity contribution in [3.05, 3.63) is 75.8 Å². The minimum absolute atomic E-state index is 0.110. The summed E-state index contributed by atoms with van der Waals surface area (Å²) in [6.45, 7) is 5.21. The highest BCUT2D eigenvalue weighted by molar-refractivity contribution is 6.46. The van der Waals surface area contributed by atoms with Crippen LogP contribution in [0.4, 0.5) is 0 Å². The molecule has 1 N–H and O–H groups in total. The number of benzene rings is 2. The Morgan fingerprint density at radius 2 is 1.67 bits per heavy atom. The van der Waals surface area contributed by atoms with Crippen LogP contribution in [-0.2, 0) is 9.59 Å². The highest BCUT2D eigenvalue weighted by atomic mass is 35.5. The number of likely N-dealkylation sites (N-methyl/N-ethyl adjacent to an activating group) is 1. The van der Waals surface area contributed by atoms with Crippen molar-refractivity contribution in [3.8, 4) is 0 Å². The standard InChI is InChI=1S/C24H27ClN2O3/c1-15(2)16-5-7-17(8-6-16)21-20(22(28)18-9-11-19(25)12-10-18)23(29)24(30)27(21)14-13-26(3)4/h5-12,15,21,28H,13-14H2,1-4H3/t21-/m0/s1. The molecule has 0 bridgehead atoms. The van der Waals surface area contributed by atoms with Crippen LogP contribution in [0, 0.1) is 0 Å². The monoisotopic (exact) mass is 426 g/mol. The fraction of sp³-hybridized carbons (Fsp3) is 0.333. The summed E-state index contributed by atoms with van der Waals surface area (Å²) in [7, 11) is 3.83. The summed E-state index contributed by atoms with van der Waals surface area (Å²) in [4.78, 5) is 29.3. The van der Waals surface area contributed by atoms with Gasteiger partial charge in [-0.3, -0.25) is 9.59 Å². The predicted octanol–water partition coefficient (Wildman–Crippen LogP) is 4.45. The Morgan fingerprint density at radius 3 is 2.20 bits per heavy atom. The number of aliphatic hydroxyl groups is 1. The molecule has 1 atom stereocenters. The van der Waals surface area contributed by atoms with Gasteiger partial charge in [-0.25, -0.2) is 0 Å². The number of carbonyl (C=O) groups excluding carboxylic acids is 2. The minimum Gasteiger partial charge on any atom is -0.507 e. The molecule has 1 aliphatic rings. The van der Waals surface area contributed by atoms with Crippen molar-refractivity contribution in [2.24, 2.45) is 0 Å². The van der Waals surface area contributed by atoms with E-state index in [1.807, 2.05) is 43.3 Å². The van der Waals surface area contributed by atoms with Crippen LogP contribution < -0.4 is 0 Å². The van der Waals surface area contributed by atoms with Crippen LogP contribution in [0.2, 0.25) is 5.02 Å². The Bertz CT molecular complexity index is 963. The second-order valence-corrected chi connectivity index (χ2v) is 8.56. The van der Waals surface area contributed by atoms with E-state index in [1.165, 1.54) is 5.56 Å². The zero-order chi connectivity index (χ0) is 22.0. The molecular formula is C24H27ClN2O3. The molecule has 2 aromatic carbocycles. The third-order valence-electron chi connectivity index (χ3n) is 5.36. The summed E-state index contributed by atoms with van der Waals surface area (Å²) >= 11 is 5.96. The molecule has 0 saturated carbocycles. The first-order valence-corrected chi connectivity index (χ1v) is 10.4. The van der Waals surface area contributed by atoms with Crippen molar-refractivity contribution in [1.29, 1.82) is 0 Å². The molecule has 0 aromatic heterocycles. The first kappa shape index (κ1) is 22.1. The molecule has 6 heteroatoms. The number of nitrogens with zero attached hydrogens (tertiary/aromatic N) is 2.